The zero-order valence-corrected chi connectivity index (χ0v) is 8.16. The number of aromatic nitrogens is 2. The van der Waals surface area contributed by atoms with Gasteiger partial charge in [-0.2, -0.15) is 0 Å². The Balaban J connectivity index is 2.66. The van der Waals surface area contributed by atoms with Crippen LogP contribution in [-0.2, 0) is 0 Å². The molecule has 2 heterocycles. The lowest BCUT2D eigenvalue weighted by molar-refractivity contribution is 0.0694. The second-order valence-corrected chi connectivity index (χ2v) is 3.12. The van der Waals surface area contributed by atoms with Crippen LogP contribution in [0.5, 0.6) is 5.75 Å². The van der Waals surface area contributed by atoms with Gasteiger partial charge in [-0.1, -0.05) is 0 Å². The van der Waals surface area contributed by atoms with Gasteiger partial charge in [0.05, 0.1) is 6.20 Å². The van der Waals surface area contributed by atoms with E-state index in [4.69, 9.17) is 5.11 Å². The summed E-state index contributed by atoms with van der Waals surface area (Å²) in [6.45, 7) is 0. The van der Waals surface area contributed by atoms with E-state index in [0.717, 1.165) is 6.20 Å². The average Bonchev–Trinajstić information content (AvgIpc) is 2.29. The largest absolute Gasteiger partial charge is 0.505 e. The molecule has 0 amide bonds. The Labute approximate surface area is 91.0 Å². The van der Waals surface area contributed by atoms with Gasteiger partial charge in [0.1, 0.15) is 11.3 Å². The smallest absolute Gasteiger partial charge is 0.340 e. The number of hydrogen-bond acceptors (Lipinski definition) is 4. The Morgan fingerprint density at radius 2 is 1.81 bits per heavy atom. The summed E-state index contributed by atoms with van der Waals surface area (Å²) in [6.07, 6.45) is 5.60. The highest BCUT2D eigenvalue weighted by Gasteiger charge is 2.16. The topological polar surface area (TPSA) is 83.3 Å². The van der Waals surface area contributed by atoms with Crippen LogP contribution >= 0.6 is 0 Å². The Kier molecular flexibility index (Phi) is 2.51. The van der Waals surface area contributed by atoms with Crippen molar-refractivity contribution >= 4 is 5.97 Å². The van der Waals surface area contributed by atoms with E-state index in [1.165, 1.54) is 6.20 Å². The fraction of sp³-hybridized carbons (Fsp3) is 0. The van der Waals surface area contributed by atoms with Crippen molar-refractivity contribution in [3.8, 4) is 16.9 Å². The van der Waals surface area contributed by atoms with Crippen LogP contribution in [-0.4, -0.2) is 26.2 Å². The van der Waals surface area contributed by atoms with Crippen molar-refractivity contribution in [1.29, 1.82) is 0 Å². The maximum absolute atomic E-state index is 11.0. The van der Waals surface area contributed by atoms with Gasteiger partial charge in [0.2, 0.25) is 0 Å². The molecule has 2 N–H and O–H groups in total. The lowest BCUT2D eigenvalue weighted by atomic mass is 10.0. The molecule has 0 bridgehead atoms. The quantitative estimate of drug-likeness (QED) is 0.795. The second-order valence-electron chi connectivity index (χ2n) is 3.12. The van der Waals surface area contributed by atoms with Crippen molar-refractivity contribution in [3.63, 3.8) is 0 Å². The lowest BCUT2D eigenvalue weighted by Crippen LogP contribution is -2.01. The third-order valence-electron chi connectivity index (χ3n) is 2.13. The van der Waals surface area contributed by atoms with Crippen LogP contribution in [0.25, 0.3) is 11.1 Å². The molecule has 5 nitrogen and oxygen atoms in total. The number of carbonyl (C=O) groups is 1. The standard InChI is InChI=1S/C11H8N2O3/c14-9-6-13-5-8(10(9)11(15)16)7-1-3-12-4-2-7/h1-6,14H,(H,15,16). The first-order chi connectivity index (χ1) is 7.70. The number of aromatic carboxylic acids is 1. The zero-order chi connectivity index (χ0) is 11.5. The molecule has 0 saturated heterocycles. The van der Waals surface area contributed by atoms with Crippen molar-refractivity contribution in [1.82, 2.24) is 9.97 Å². The molecule has 2 aromatic rings. The van der Waals surface area contributed by atoms with Crippen molar-refractivity contribution in [2.45, 2.75) is 0 Å². The molecule has 16 heavy (non-hydrogen) atoms. The van der Waals surface area contributed by atoms with Crippen LogP contribution in [0.1, 0.15) is 10.4 Å². The number of pyridine rings is 2. The summed E-state index contributed by atoms with van der Waals surface area (Å²) >= 11 is 0. The molecule has 0 saturated carbocycles. The SMILES string of the molecule is O=C(O)c1c(O)cncc1-c1ccncc1. The van der Waals surface area contributed by atoms with Gasteiger partial charge in [-0.05, 0) is 17.7 Å². The molecule has 5 heteroatoms. The van der Waals surface area contributed by atoms with Gasteiger partial charge in [-0.3, -0.25) is 9.97 Å². The minimum Gasteiger partial charge on any atom is -0.505 e. The van der Waals surface area contributed by atoms with Gasteiger partial charge in [-0.25, -0.2) is 4.79 Å². The highest BCUT2D eigenvalue weighted by molar-refractivity contribution is 5.98. The first-order valence-electron chi connectivity index (χ1n) is 4.51. The van der Waals surface area contributed by atoms with E-state index in [-0.39, 0.29) is 11.3 Å². The van der Waals surface area contributed by atoms with Crippen LogP contribution in [0, 0.1) is 0 Å². The van der Waals surface area contributed by atoms with Gasteiger partial charge in [-0.15, -0.1) is 0 Å². The van der Waals surface area contributed by atoms with Gasteiger partial charge in [0.15, 0.2) is 0 Å². The van der Waals surface area contributed by atoms with Gasteiger partial charge in [0, 0.05) is 24.2 Å². The minimum atomic E-state index is -1.19. The molecule has 0 fully saturated rings. The van der Waals surface area contributed by atoms with E-state index in [0.29, 0.717) is 11.1 Å². The van der Waals surface area contributed by atoms with Crippen molar-refractivity contribution in [2.24, 2.45) is 0 Å². The summed E-state index contributed by atoms with van der Waals surface area (Å²) in [7, 11) is 0. The van der Waals surface area contributed by atoms with Crippen LogP contribution in [0.4, 0.5) is 0 Å². The number of carboxylic acids is 1. The van der Waals surface area contributed by atoms with Crippen LogP contribution in [0.3, 0.4) is 0 Å². The second kappa shape index (κ2) is 3.98. The molecule has 0 spiro atoms. The van der Waals surface area contributed by atoms with Crippen LogP contribution in [0.15, 0.2) is 36.9 Å². The molecule has 0 radical (unpaired) electrons. The normalized spacial score (nSPS) is 10.0. The minimum absolute atomic E-state index is 0.152. The van der Waals surface area contributed by atoms with E-state index >= 15 is 0 Å². The molecule has 80 valence electrons. The molecular weight excluding hydrogens is 208 g/mol. The third-order valence-corrected chi connectivity index (χ3v) is 2.13. The van der Waals surface area contributed by atoms with Crippen LogP contribution < -0.4 is 0 Å². The Hall–Kier alpha value is -2.43. The maximum atomic E-state index is 11.0. The first kappa shape index (κ1) is 10.1. The van der Waals surface area contributed by atoms with Crippen molar-refractivity contribution < 1.29 is 15.0 Å². The molecule has 2 aromatic heterocycles. The Morgan fingerprint density at radius 1 is 1.12 bits per heavy atom. The molecule has 0 unspecified atom stereocenters. The van der Waals surface area contributed by atoms with E-state index in [1.54, 1.807) is 24.5 Å². The average molecular weight is 216 g/mol. The van der Waals surface area contributed by atoms with Crippen molar-refractivity contribution in [2.75, 3.05) is 0 Å². The molecule has 0 aliphatic rings. The summed E-state index contributed by atoms with van der Waals surface area (Å²) in [5, 5.41) is 18.5. The Bertz CT molecular complexity index is 526. The molecule has 2 rings (SSSR count). The fourth-order valence-corrected chi connectivity index (χ4v) is 1.42. The highest BCUT2D eigenvalue weighted by Crippen LogP contribution is 2.28. The van der Waals surface area contributed by atoms with E-state index < -0.39 is 5.97 Å². The third kappa shape index (κ3) is 1.70. The molecule has 0 aromatic carbocycles. The molecular formula is C11H8N2O3. The summed E-state index contributed by atoms with van der Waals surface area (Å²) in [5.74, 6) is -1.53. The summed E-state index contributed by atoms with van der Waals surface area (Å²) in [5.41, 5.74) is 0.868. The van der Waals surface area contributed by atoms with E-state index in [2.05, 4.69) is 9.97 Å². The number of carboxylic acid groups (broad SMARTS) is 1. The fourth-order valence-electron chi connectivity index (χ4n) is 1.42. The van der Waals surface area contributed by atoms with Crippen molar-refractivity contribution in [3.05, 3.63) is 42.5 Å². The monoisotopic (exact) mass is 216 g/mol. The number of aromatic hydroxyl groups is 1. The lowest BCUT2D eigenvalue weighted by Gasteiger charge is -2.06. The van der Waals surface area contributed by atoms with Gasteiger partial charge in [0.25, 0.3) is 0 Å². The molecule has 0 aliphatic heterocycles. The molecule has 0 atom stereocenters. The number of rotatable bonds is 2. The maximum Gasteiger partial charge on any atom is 0.340 e. The Morgan fingerprint density at radius 3 is 2.44 bits per heavy atom. The first-order valence-corrected chi connectivity index (χ1v) is 4.51. The van der Waals surface area contributed by atoms with E-state index in [1.807, 2.05) is 0 Å². The van der Waals surface area contributed by atoms with E-state index in [9.17, 15) is 9.90 Å². The predicted molar refractivity (Wildman–Crippen MR) is 56.1 cm³/mol. The number of hydrogen-bond donors (Lipinski definition) is 2. The van der Waals surface area contributed by atoms with Gasteiger partial charge < -0.3 is 10.2 Å². The van der Waals surface area contributed by atoms with Gasteiger partial charge >= 0.3 is 5.97 Å². The summed E-state index contributed by atoms with van der Waals surface area (Å²) in [6, 6.07) is 3.31. The summed E-state index contributed by atoms with van der Waals surface area (Å²) in [4.78, 5) is 18.6. The summed E-state index contributed by atoms with van der Waals surface area (Å²) < 4.78 is 0. The highest BCUT2D eigenvalue weighted by atomic mass is 16.4. The van der Waals surface area contributed by atoms with Crippen LogP contribution in [0.2, 0.25) is 0 Å². The number of nitrogens with zero attached hydrogens (tertiary/aromatic N) is 2. The predicted octanol–water partition coefficient (Wildman–Crippen LogP) is 1.55. The molecule has 0 aliphatic carbocycles. The zero-order valence-electron chi connectivity index (χ0n) is 8.16.